The molecule has 0 bridgehead atoms. The first kappa shape index (κ1) is 17.3. The number of nitrogens with zero attached hydrogens (tertiary/aromatic N) is 1. The number of aliphatic hydroxyl groups excluding tert-OH is 1. The van der Waals surface area contributed by atoms with Crippen molar-refractivity contribution < 1.29 is 9.90 Å². The zero-order valence-electron chi connectivity index (χ0n) is 14.3. The number of rotatable bonds is 5. The molecule has 0 saturated heterocycles. The van der Waals surface area contributed by atoms with Crippen LogP contribution in [-0.4, -0.2) is 22.1 Å². The zero-order valence-corrected chi connectivity index (χ0v) is 14.3. The second kappa shape index (κ2) is 7.01. The fraction of sp³-hybridized carbons (Fsp3) is 0.421. The molecule has 1 heterocycles. The smallest absolute Gasteiger partial charge is 0.251 e. The van der Waals surface area contributed by atoms with Gasteiger partial charge in [0.1, 0.15) is 0 Å². The van der Waals surface area contributed by atoms with Gasteiger partial charge in [-0.2, -0.15) is 0 Å². The number of benzene rings is 1. The van der Waals surface area contributed by atoms with E-state index in [0.717, 1.165) is 5.69 Å². The zero-order chi connectivity index (χ0) is 17.0. The number of hydrogen-bond donors (Lipinski definition) is 2. The van der Waals surface area contributed by atoms with Gasteiger partial charge in [-0.25, -0.2) is 0 Å². The van der Waals surface area contributed by atoms with Crippen molar-refractivity contribution in [2.45, 2.75) is 38.7 Å². The molecule has 1 atom stereocenters. The van der Waals surface area contributed by atoms with Crippen molar-refractivity contribution in [2.24, 2.45) is 7.05 Å². The Bertz CT molecular complexity index is 651. The van der Waals surface area contributed by atoms with Crippen LogP contribution in [0.15, 0.2) is 42.6 Å². The molecule has 2 rings (SSSR count). The quantitative estimate of drug-likeness (QED) is 0.890. The van der Waals surface area contributed by atoms with Gasteiger partial charge in [0.15, 0.2) is 0 Å². The molecule has 23 heavy (non-hydrogen) atoms. The minimum atomic E-state index is -0.571. The molecule has 4 nitrogen and oxygen atoms in total. The molecule has 4 heteroatoms. The van der Waals surface area contributed by atoms with Crippen molar-refractivity contribution in [2.75, 3.05) is 6.54 Å². The third-order valence-corrected chi connectivity index (χ3v) is 4.04. The number of nitrogens with one attached hydrogen (secondary N) is 1. The van der Waals surface area contributed by atoms with Gasteiger partial charge in [0, 0.05) is 31.0 Å². The Balaban J connectivity index is 1.86. The lowest BCUT2D eigenvalue weighted by molar-refractivity contribution is 0.0941. The van der Waals surface area contributed by atoms with E-state index in [1.165, 1.54) is 5.56 Å². The fourth-order valence-electron chi connectivity index (χ4n) is 2.51. The van der Waals surface area contributed by atoms with Crippen LogP contribution in [0.1, 0.15) is 54.9 Å². The summed E-state index contributed by atoms with van der Waals surface area (Å²) in [4.78, 5) is 12.1. The van der Waals surface area contributed by atoms with Crippen molar-refractivity contribution in [3.63, 3.8) is 0 Å². The molecule has 1 aromatic carbocycles. The predicted octanol–water partition coefficient (Wildman–Crippen LogP) is 3.18. The van der Waals surface area contributed by atoms with Crippen LogP contribution in [0.2, 0.25) is 0 Å². The lowest BCUT2D eigenvalue weighted by atomic mass is 9.87. The molecule has 0 spiro atoms. The van der Waals surface area contributed by atoms with E-state index in [1.54, 1.807) is 0 Å². The van der Waals surface area contributed by atoms with Crippen LogP contribution in [0.25, 0.3) is 0 Å². The van der Waals surface area contributed by atoms with Gasteiger partial charge in [0.05, 0.1) is 6.10 Å². The van der Waals surface area contributed by atoms with Crippen LogP contribution < -0.4 is 5.32 Å². The molecule has 124 valence electrons. The van der Waals surface area contributed by atoms with Crippen molar-refractivity contribution in [3.05, 3.63) is 59.4 Å². The van der Waals surface area contributed by atoms with Crippen LogP contribution >= 0.6 is 0 Å². The highest BCUT2D eigenvalue weighted by Gasteiger charge is 2.15. The number of carbonyl (C=O) groups is 1. The first-order valence-corrected chi connectivity index (χ1v) is 7.97. The Kier molecular flexibility index (Phi) is 5.26. The average molecular weight is 314 g/mol. The molecule has 2 aromatic rings. The fourth-order valence-corrected chi connectivity index (χ4v) is 2.51. The van der Waals surface area contributed by atoms with E-state index >= 15 is 0 Å². The number of aromatic nitrogens is 1. The summed E-state index contributed by atoms with van der Waals surface area (Å²) in [5.41, 5.74) is 2.78. The average Bonchev–Trinajstić information content (AvgIpc) is 2.92. The number of aliphatic hydroxyl groups is 1. The Hall–Kier alpha value is -2.07. The monoisotopic (exact) mass is 314 g/mol. The maximum absolute atomic E-state index is 12.1. The van der Waals surface area contributed by atoms with Crippen molar-refractivity contribution in [1.29, 1.82) is 0 Å². The topological polar surface area (TPSA) is 54.3 Å². The second-order valence-corrected chi connectivity index (χ2v) is 6.93. The first-order valence-electron chi connectivity index (χ1n) is 7.97. The summed E-state index contributed by atoms with van der Waals surface area (Å²) in [5, 5.41) is 13.0. The van der Waals surface area contributed by atoms with Crippen molar-refractivity contribution in [1.82, 2.24) is 9.88 Å². The van der Waals surface area contributed by atoms with Crippen LogP contribution in [0.3, 0.4) is 0 Å². The minimum Gasteiger partial charge on any atom is -0.387 e. The summed E-state index contributed by atoms with van der Waals surface area (Å²) in [6, 6.07) is 11.5. The number of aryl methyl sites for hydroxylation is 1. The number of carbonyl (C=O) groups excluding carboxylic acids is 1. The van der Waals surface area contributed by atoms with Gasteiger partial charge in [-0.3, -0.25) is 4.79 Å². The van der Waals surface area contributed by atoms with E-state index < -0.39 is 6.10 Å². The molecule has 0 aliphatic rings. The molecule has 1 unspecified atom stereocenters. The van der Waals surface area contributed by atoms with E-state index in [9.17, 15) is 9.90 Å². The Labute approximate surface area is 138 Å². The molecule has 0 aliphatic carbocycles. The molecule has 2 N–H and O–H groups in total. The Morgan fingerprint density at radius 3 is 2.39 bits per heavy atom. The highest BCUT2D eigenvalue weighted by Crippen LogP contribution is 2.22. The summed E-state index contributed by atoms with van der Waals surface area (Å²) >= 11 is 0. The Morgan fingerprint density at radius 1 is 1.22 bits per heavy atom. The standard InChI is InChI=1S/C19H26N2O2/c1-19(2,3)15-9-7-14(8-10-15)18(23)20-12-11-17(22)16-6-5-13-21(16)4/h5-10,13,17,22H,11-12H2,1-4H3,(H,20,23). The summed E-state index contributed by atoms with van der Waals surface area (Å²) in [7, 11) is 1.90. The van der Waals surface area contributed by atoms with Gasteiger partial charge >= 0.3 is 0 Å². The first-order chi connectivity index (χ1) is 10.8. The molecular formula is C19H26N2O2. The molecule has 0 aliphatic heterocycles. The third-order valence-electron chi connectivity index (χ3n) is 4.04. The van der Waals surface area contributed by atoms with Gasteiger partial charge in [0.2, 0.25) is 0 Å². The van der Waals surface area contributed by atoms with Gasteiger partial charge in [0.25, 0.3) is 5.91 Å². The van der Waals surface area contributed by atoms with E-state index in [4.69, 9.17) is 0 Å². The maximum Gasteiger partial charge on any atom is 0.251 e. The largest absolute Gasteiger partial charge is 0.387 e. The molecule has 0 saturated carbocycles. The molecule has 0 radical (unpaired) electrons. The normalized spacial score (nSPS) is 12.9. The Morgan fingerprint density at radius 2 is 1.87 bits per heavy atom. The lowest BCUT2D eigenvalue weighted by Gasteiger charge is -2.19. The van der Waals surface area contributed by atoms with E-state index in [0.29, 0.717) is 18.5 Å². The number of hydrogen-bond acceptors (Lipinski definition) is 2. The predicted molar refractivity (Wildman–Crippen MR) is 92.5 cm³/mol. The van der Waals surface area contributed by atoms with Crippen LogP contribution in [0, 0.1) is 0 Å². The lowest BCUT2D eigenvalue weighted by Crippen LogP contribution is -2.26. The number of amides is 1. The van der Waals surface area contributed by atoms with E-state index in [2.05, 4.69) is 26.1 Å². The van der Waals surface area contributed by atoms with E-state index in [-0.39, 0.29) is 11.3 Å². The summed E-state index contributed by atoms with van der Waals surface area (Å²) in [6.07, 6.45) is 1.82. The minimum absolute atomic E-state index is 0.0776. The maximum atomic E-state index is 12.1. The molecule has 0 fully saturated rings. The van der Waals surface area contributed by atoms with E-state index in [1.807, 2.05) is 54.2 Å². The highest BCUT2D eigenvalue weighted by atomic mass is 16.3. The van der Waals surface area contributed by atoms with Crippen LogP contribution in [-0.2, 0) is 12.5 Å². The summed E-state index contributed by atoms with van der Waals surface area (Å²) in [6.45, 7) is 6.87. The van der Waals surface area contributed by atoms with Crippen molar-refractivity contribution in [3.8, 4) is 0 Å². The third kappa shape index (κ3) is 4.45. The van der Waals surface area contributed by atoms with Crippen molar-refractivity contribution >= 4 is 5.91 Å². The molecular weight excluding hydrogens is 288 g/mol. The van der Waals surface area contributed by atoms with Crippen LogP contribution in [0.5, 0.6) is 0 Å². The summed E-state index contributed by atoms with van der Waals surface area (Å²) < 4.78 is 1.89. The SMILES string of the molecule is Cn1cccc1C(O)CCNC(=O)c1ccc(C(C)(C)C)cc1. The molecule has 1 amide bonds. The second-order valence-electron chi connectivity index (χ2n) is 6.93. The van der Waals surface area contributed by atoms with Gasteiger partial charge in [-0.05, 0) is 41.7 Å². The van der Waals surface area contributed by atoms with Gasteiger partial charge < -0.3 is 15.0 Å². The summed E-state index contributed by atoms with van der Waals surface area (Å²) in [5.74, 6) is -0.107. The highest BCUT2D eigenvalue weighted by molar-refractivity contribution is 5.94. The molecule has 1 aromatic heterocycles. The van der Waals surface area contributed by atoms with Crippen LogP contribution in [0.4, 0.5) is 0 Å². The van der Waals surface area contributed by atoms with Gasteiger partial charge in [-0.15, -0.1) is 0 Å². The van der Waals surface area contributed by atoms with Gasteiger partial charge in [-0.1, -0.05) is 32.9 Å².